The van der Waals surface area contributed by atoms with Gasteiger partial charge in [-0.2, -0.15) is 0 Å². The second kappa shape index (κ2) is 10.3. The number of nitrogens with zero attached hydrogens (tertiary/aromatic N) is 1. The van der Waals surface area contributed by atoms with E-state index in [1.165, 1.54) is 5.56 Å². The van der Waals surface area contributed by atoms with Gasteiger partial charge in [0.2, 0.25) is 10.0 Å². The number of hydrogen-bond donors (Lipinski definition) is 3. The Morgan fingerprint density at radius 2 is 1.59 bits per heavy atom. The molecule has 0 aliphatic rings. The highest BCUT2D eigenvalue weighted by molar-refractivity contribution is 7.92. The van der Waals surface area contributed by atoms with Gasteiger partial charge in [0.1, 0.15) is 0 Å². The summed E-state index contributed by atoms with van der Waals surface area (Å²) in [4.78, 5) is 4.33. The molecule has 3 N–H and O–H groups in total. The highest BCUT2D eigenvalue weighted by Gasteiger charge is 2.28. The lowest BCUT2D eigenvalue weighted by Crippen LogP contribution is -2.45. The molecule has 0 aliphatic carbocycles. The lowest BCUT2D eigenvalue weighted by molar-refractivity contribution is 0.389. The molecule has 0 unspecified atom stereocenters. The Balaban J connectivity index is 2.07. The summed E-state index contributed by atoms with van der Waals surface area (Å²) in [5.41, 5.74) is 2.75. The predicted molar refractivity (Wildman–Crippen MR) is 122 cm³/mol. The fourth-order valence-corrected chi connectivity index (χ4v) is 4.03. The number of para-hydroxylation sites is 1. The molecule has 2 rings (SSSR count). The Bertz CT molecular complexity index is 907. The van der Waals surface area contributed by atoms with E-state index >= 15 is 0 Å². The van der Waals surface area contributed by atoms with Gasteiger partial charge in [0.05, 0.1) is 11.9 Å². The summed E-state index contributed by atoms with van der Waals surface area (Å²) in [5.74, 6) is 0.682. The average Bonchev–Trinajstić information content (AvgIpc) is 2.72. The normalized spacial score (nSPS) is 12.5. The smallest absolute Gasteiger partial charge is 0.229 e. The molecular formula is C22H32N4O2S. The summed E-state index contributed by atoms with van der Waals surface area (Å²) in [7, 11) is -1.60. The minimum atomic E-state index is -3.33. The van der Waals surface area contributed by atoms with E-state index in [-0.39, 0.29) is 5.41 Å². The molecule has 2 aromatic carbocycles. The van der Waals surface area contributed by atoms with Crippen LogP contribution >= 0.6 is 0 Å². The van der Waals surface area contributed by atoms with Crippen LogP contribution in [0.1, 0.15) is 37.8 Å². The van der Waals surface area contributed by atoms with Gasteiger partial charge >= 0.3 is 0 Å². The topological polar surface area (TPSA) is 82.6 Å². The molecule has 6 nitrogen and oxygen atoms in total. The molecule has 29 heavy (non-hydrogen) atoms. The van der Waals surface area contributed by atoms with Gasteiger partial charge < -0.3 is 10.6 Å². The van der Waals surface area contributed by atoms with Crippen molar-refractivity contribution in [3.8, 4) is 0 Å². The quantitative estimate of drug-likeness (QED) is 0.432. The zero-order valence-electron chi connectivity index (χ0n) is 17.7. The highest BCUT2D eigenvalue weighted by Crippen LogP contribution is 2.30. The van der Waals surface area contributed by atoms with Crippen LogP contribution < -0.4 is 15.4 Å². The molecule has 0 atom stereocenters. The fraction of sp³-hybridized carbons (Fsp3) is 0.409. The highest BCUT2D eigenvalue weighted by atomic mass is 32.2. The number of sulfonamides is 1. The van der Waals surface area contributed by atoms with Crippen molar-refractivity contribution in [3.05, 3.63) is 65.7 Å². The van der Waals surface area contributed by atoms with E-state index in [2.05, 4.69) is 58.5 Å². The van der Waals surface area contributed by atoms with Crippen molar-refractivity contribution < 1.29 is 8.42 Å². The van der Waals surface area contributed by atoms with Crippen molar-refractivity contribution in [2.24, 2.45) is 4.99 Å². The largest absolute Gasteiger partial charge is 0.356 e. The summed E-state index contributed by atoms with van der Waals surface area (Å²) in [6, 6.07) is 17.9. The van der Waals surface area contributed by atoms with E-state index in [1.54, 1.807) is 19.2 Å². The summed E-state index contributed by atoms with van der Waals surface area (Å²) in [6.07, 6.45) is 3.17. The van der Waals surface area contributed by atoms with Crippen molar-refractivity contribution in [2.75, 3.05) is 24.6 Å². The number of nitrogens with one attached hydrogen (secondary N) is 3. The molecular weight excluding hydrogens is 384 g/mol. The van der Waals surface area contributed by atoms with Crippen molar-refractivity contribution in [3.63, 3.8) is 0 Å². The molecule has 0 saturated heterocycles. The van der Waals surface area contributed by atoms with E-state index < -0.39 is 10.0 Å². The number of rotatable bonds is 9. The first-order valence-electron chi connectivity index (χ1n) is 9.89. The van der Waals surface area contributed by atoms with Gasteiger partial charge in [-0.05, 0) is 30.0 Å². The van der Waals surface area contributed by atoms with Gasteiger partial charge in [0, 0.05) is 25.6 Å². The van der Waals surface area contributed by atoms with E-state index in [0.29, 0.717) is 18.2 Å². The molecule has 0 amide bonds. The predicted octanol–water partition coefficient (Wildman–Crippen LogP) is 3.48. The van der Waals surface area contributed by atoms with E-state index in [9.17, 15) is 8.42 Å². The first-order chi connectivity index (χ1) is 13.8. The number of benzene rings is 2. The summed E-state index contributed by atoms with van der Waals surface area (Å²) >= 11 is 0. The van der Waals surface area contributed by atoms with Crippen LogP contribution in [0.4, 0.5) is 5.69 Å². The molecule has 0 spiro atoms. The third-order valence-electron chi connectivity index (χ3n) is 5.32. The molecule has 158 valence electrons. The third-order valence-corrected chi connectivity index (χ3v) is 5.91. The average molecular weight is 417 g/mol. The second-order valence-corrected chi connectivity index (χ2v) is 8.91. The van der Waals surface area contributed by atoms with Crippen LogP contribution in [0.25, 0.3) is 0 Å². The molecule has 0 heterocycles. The summed E-state index contributed by atoms with van der Waals surface area (Å²) in [6.45, 7) is 5.63. The van der Waals surface area contributed by atoms with Crippen LogP contribution in [-0.4, -0.2) is 34.2 Å². The molecule has 0 bridgehead atoms. The molecule has 7 heteroatoms. The number of guanidine groups is 1. The maximum absolute atomic E-state index is 11.6. The lowest BCUT2D eigenvalue weighted by Gasteiger charge is -2.33. The van der Waals surface area contributed by atoms with Gasteiger partial charge in [0.15, 0.2) is 5.96 Å². The molecule has 0 fully saturated rings. The zero-order valence-corrected chi connectivity index (χ0v) is 18.5. The Hall–Kier alpha value is -2.54. The van der Waals surface area contributed by atoms with E-state index in [1.807, 2.05) is 18.2 Å². The van der Waals surface area contributed by atoms with Gasteiger partial charge in [0.25, 0.3) is 0 Å². The first-order valence-corrected chi connectivity index (χ1v) is 11.8. The number of aliphatic imine (C=N–C) groups is 1. The maximum Gasteiger partial charge on any atom is 0.229 e. The standard InChI is InChI=1S/C22H32N4O2S/c1-5-22(6-2,19-13-8-7-9-14-19)17-25-21(23-3)24-16-18-12-10-11-15-20(18)26-29(4,27)28/h7-15,26H,5-6,16-17H2,1-4H3,(H2,23,24,25). The van der Waals surface area contributed by atoms with E-state index in [0.717, 1.165) is 31.2 Å². The molecule has 0 radical (unpaired) electrons. The van der Waals surface area contributed by atoms with Crippen LogP contribution in [-0.2, 0) is 22.0 Å². The fourth-order valence-electron chi connectivity index (χ4n) is 3.43. The van der Waals surface area contributed by atoms with Gasteiger partial charge in [-0.15, -0.1) is 0 Å². The SMILES string of the molecule is CCC(CC)(CNC(=NC)NCc1ccccc1NS(C)(=O)=O)c1ccccc1. The second-order valence-electron chi connectivity index (χ2n) is 7.16. The van der Waals surface area contributed by atoms with Crippen LogP contribution in [0.2, 0.25) is 0 Å². The van der Waals surface area contributed by atoms with Crippen LogP contribution in [0.15, 0.2) is 59.6 Å². The minimum Gasteiger partial charge on any atom is -0.356 e. The Morgan fingerprint density at radius 3 is 2.17 bits per heavy atom. The van der Waals surface area contributed by atoms with Gasteiger partial charge in [-0.1, -0.05) is 62.4 Å². The maximum atomic E-state index is 11.6. The van der Waals surface area contributed by atoms with Crippen molar-refractivity contribution in [1.29, 1.82) is 0 Å². The molecule has 0 saturated carbocycles. The Labute approximate surface area is 174 Å². The molecule has 0 aliphatic heterocycles. The lowest BCUT2D eigenvalue weighted by atomic mass is 9.76. The monoisotopic (exact) mass is 416 g/mol. The number of anilines is 1. The molecule has 0 aromatic heterocycles. The van der Waals surface area contributed by atoms with Gasteiger partial charge in [-0.3, -0.25) is 9.71 Å². The number of hydrogen-bond acceptors (Lipinski definition) is 3. The van der Waals surface area contributed by atoms with Crippen LogP contribution in [0.5, 0.6) is 0 Å². The first kappa shape index (κ1) is 22.7. The van der Waals surface area contributed by atoms with Gasteiger partial charge in [-0.25, -0.2) is 8.42 Å². The Morgan fingerprint density at radius 1 is 0.966 bits per heavy atom. The summed E-state index contributed by atoms with van der Waals surface area (Å²) < 4.78 is 25.7. The van der Waals surface area contributed by atoms with Crippen molar-refractivity contribution >= 4 is 21.7 Å². The van der Waals surface area contributed by atoms with Crippen molar-refractivity contribution in [1.82, 2.24) is 10.6 Å². The zero-order chi connectivity index (χ0) is 21.3. The van der Waals surface area contributed by atoms with Crippen LogP contribution in [0.3, 0.4) is 0 Å². The Kier molecular flexibility index (Phi) is 8.08. The molecule has 2 aromatic rings. The minimum absolute atomic E-state index is 0.0225. The third kappa shape index (κ3) is 6.49. The van der Waals surface area contributed by atoms with Crippen LogP contribution in [0, 0.1) is 0 Å². The van der Waals surface area contributed by atoms with Crippen molar-refractivity contribution in [2.45, 2.75) is 38.6 Å². The van der Waals surface area contributed by atoms with E-state index in [4.69, 9.17) is 0 Å². The summed E-state index contributed by atoms with van der Waals surface area (Å²) in [5, 5.41) is 6.74.